The Morgan fingerprint density at radius 2 is 1.88 bits per heavy atom. The van der Waals surface area contributed by atoms with E-state index >= 15 is 0 Å². The van der Waals surface area contributed by atoms with Gasteiger partial charge in [-0.2, -0.15) is 0 Å². The maximum Gasteiger partial charge on any atom is 0.277 e. The van der Waals surface area contributed by atoms with Crippen molar-refractivity contribution in [2.24, 2.45) is 5.16 Å². The number of benzene rings is 2. The highest BCUT2D eigenvalue weighted by molar-refractivity contribution is 14.1. The highest BCUT2D eigenvalue weighted by atomic mass is 127. The van der Waals surface area contributed by atoms with Crippen LogP contribution in [0.1, 0.15) is 15.9 Å². The Morgan fingerprint density at radius 1 is 1.09 bits per heavy atom. The van der Waals surface area contributed by atoms with Gasteiger partial charge in [-0.05, 0) is 46.9 Å². The fourth-order valence-corrected chi connectivity index (χ4v) is 2.91. The van der Waals surface area contributed by atoms with Gasteiger partial charge in [-0.1, -0.05) is 5.16 Å². The molecule has 0 aromatic heterocycles. The minimum atomic E-state index is -1.45. The molecule has 0 fully saturated rings. The molecule has 0 saturated heterocycles. The first-order valence-corrected chi connectivity index (χ1v) is 10.7. The summed E-state index contributed by atoms with van der Waals surface area (Å²) >= 11 is 1.89. The van der Waals surface area contributed by atoms with Crippen molar-refractivity contribution in [2.45, 2.75) is 0 Å². The van der Waals surface area contributed by atoms with Crippen molar-refractivity contribution in [3.05, 3.63) is 56.4 Å². The third-order valence-corrected chi connectivity index (χ3v) is 4.62. The number of rotatable bonds is 13. The van der Waals surface area contributed by atoms with Crippen molar-refractivity contribution in [3.63, 3.8) is 0 Å². The first-order valence-electron chi connectivity index (χ1n) is 9.63. The van der Waals surface area contributed by atoms with Crippen molar-refractivity contribution in [1.82, 2.24) is 10.8 Å². The van der Waals surface area contributed by atoms with E-state index < -0.39 is 40.2 Å². The lowest BCUT2D eigenvalue weighted by Crippen LogP contribution is -2.26. The molecule has 180 valence electrons. The Bertz CT molecular complexity index is 981. The maximum atomic E-state index is 14.9. The highest BCUT2D eigenvalue weighted by Crippen LogP contribution is 2.30. The predicted molar refractivity (Wildman–Crippen MR) is 123 cm³/mol. The number of anilines is 2. The lowest BCUT2D eigenvalue weighted by Gasteiger charge is -2.15. The summed E-state index contributed by atoms with van der Waals surface area (Å²) in [5.41, 5.74) is 0.377. The standard InChI is InChI=1S/C20H22F3IN4O5/c21-15-10-13(24)1-2-16(15)27-19-14(20(31)28-33-8-6-30)9-12(17(22)18(19)23)11-26-32-7-4-25-3-5-29/h1-2,9-11,25,27,29-30H,3-8H2,(H,28,31). The summed E-state index contributed by atoms with van der Waals surface area (Å²) in [4.78, 5) is 22.2. The van der Waals surface area contributed by atoms with Crippen LogP contribution in [0.5, 0.6) is 0 Å². The number of aliphatic hydroxyl groups is 2. The van der Waals surface area contributed by atoms with Gasteiger partial charge >= 0.3 is 0 Å². The van der Waals surface area contributed by atoms with Crippen molar-refractivity contribution >= 4 is 46.1 Å². The van der Waals surface area contributed by atoms with Crippen molar-refractivity contribution in [1.29, 1.82) is 0 Å². The molecular formula is C20H22F3IN4O5. The van der Waals surface area contributed by atoms with Crippen LogP contribution in [-0.2, 0) is 9.68 Å². The van der Waals surface area contributed by atoms with E-state index in [9.17, 15) is 18.0 Å². The Hall–Kier alpha value is -2.46. The van der Waals surface area contributed by atoms with Crippen LogP contribution in [-0.4, -0.2) is 61.9 Å². The number of hydroxylamine groups is 1. The van der Waals surface area contributed by atoms with E-state index in [2.05, 4.69) is 15.8 Å². The molecule has 2 rings (SSSR count). The van der Waals surface area contributed by atoms with Crippen molar-refractivity contribution in [2.75, 3.05) is 44.8 Å². The van der Waals surface area contributed by atoms with Gasteiger partial charge in [0, 0.05) is 22.2 Å². The summed E-state index contributed by atoms with van der Waals surface area (Å²) < 4.78 is 44.4. The zero-order valence-electron chi connectivity index (χ0n) is 17.2. The molecule has 2 aromatic carbocycles. The quantitative estimate of drug-likeness (QED) is 0.106. The number of carbonyl (C=O) groups excluding carboxylic acids is 1. The van der Waals surface area contributed by atoms with E-state index in [-0.39, 0.29) is 32.1 Å². The monoisotopic (exact) mass is 582 g/mol. The van der Waals surface area contributed by atoms with Gasteiger partial charge in [0.15, 0.2) is 11.6 Å². The van der Waals surface area contributed by atoms with Gasteiger partial charge in [0.2, 0.25) is 0 Å². The molecular weight excluding hydrogens is 560 g/mol. The number of hydrogen-bond donors (Lipinski definition) is 5. The third kappa shape index (κ3) is 8.12. The van der Waals surface area contributed by atoms with Crippen molar-refractivity contribution < 1.29 is 37.9 Å². The van der Waals surface area contributed by atoms with Crippen LogP contribution in [0.3, 0.4) is 0 Å². The molecule has 33 heavy (non-hydrogen) atoms. The van der Waals surface area contributed by atoms with Crippen LogP contribution in [0.4, 0.5) is 24.5 Å². The number of aliphatic hydroxyl groups excluding tert-OH is 2. The minimum absolute atomic E-state index is 0.0485. The Balaban J connectivity index is 2.33. The predicted octanol–water partition coefficient (Wildman–Crippen LogP) is 2.04. The second kappa shape index (κ2) is 13.9. The Labute approximate surface area is 201 Å². The van der Waals surface area contributed by atoms with Crippen LogP contribution >= 0.6 is 22.6 Å². The zero-order valence-corrected chi connectivity index (χ0v) is 19.4. The smallest absolute Gasteiger partial charge is 0.277 e. The van der Waals surface area contributed by atoms with E-state index in [0.29, 0.717) is 16.7 Å². The summed E-state index contributed by atoms with van der Waals surface area (Å²) in [5.74, 6) is -4.51. The summed E-state index contributed by atoms with van der Waals surface area (Å²) in [5, 5.41) is 26.2. The SMILES string of the molecule is O=C(NOCCO)c1cc(C=NOCCNCCO)c(F)c(F)c1Nc1ccc(I)cc1F. The third-order valence-electron chi connectivity index (χ3n) is 3.95. The molecule has 5 N–H and O–H groups in total. The minimum Gasteiger partial charge on any atom is -0.395 e. The van der Waals surface area contributed by atoms with E-state index in [1.54, 1.807) is 0 Å². The van der Waals surface area contributed by atoms with E-state index in [0.717, 1.165) is 12.3 Å². The molecule has 0 unspecified atom stereocenters. The fourth-order valence-electron chi connectivity index (χ4n) is 2.45. The van der Waals surface area contributed by atoms with E-state index in [1.165, 1.54) is 18.2 Å². The first kappa shape index (κ1) is 26.8. The summed E-state index contributed by atoms with van der Waals surface area (Å²) in [6.07, 6.45) is 0.880. The Kier molecular flexibility index (Phi) is 11.3. The number of carbonyl (C=O) groups is 1. The second-order valence-corrected chi connectivity index (χ2v) is 7.56. The molecule has 0 aliphatic carbocycles. The molecule has 9 nitrogen and oxygen atoms in total. The Morgan fingerprint density at radius 3 is 2.58 bits per heavy atom. The van der Waals surface area contributed by atoms with Crippen LogP contribution in [0.25, 0.3) is 0 Å². The molecule has 0 saturated carbocycles. The lowest BCUT2D eigenvalue weighted by atomic mass is 10.1. The number of oxime groups is 1. The van der Waals surface area contributed by atoms with Gasteiger partial charge in [0.25, 0.3) is 5.91 Å². The fraction of sp³-hybridized carbons (Fsp3) is 0.300. The summed E-state index contributed by atoms with van der Waals surface area (Å²) in [6.45, 7) is 0.131. The number of amides is 1. The largest absolute Gasteiger partial charge is 0.395 e. The molecule has 0 atom stereocenters. The van der Waals surface area contributed by atoms with Crippen LogP contribution in [0.15, 0.2) is 29.4 Å². The van der Waals surface area contributed by atoms with Gasteiger partial charge in [0.1, 0.15) is 12.4 Å². The molecule has 2 aromatic rings. The van der Waals surface area contributed by atoms with Crippen LogP contribution in [0, 0.1) is 21.0 Å². The van der Waals surface area contributed by atoms with Crippen LogP contribution < -0.4 is 16.1 Å². The van der Waals surface area contributed by atoms with Crippen LogP contribution in [0.2, 0.25) is 0 Å². The molecule has 0 heterocycles. The number of nitrogens with one attached hydrogen (secondary N) is 3. The van der Waals surface area contributed by atoms with E-state index in [1.807, 2.05) is 28.1 Å². The summed E-state index contributed by atoms with van der Waals surface area (Å²) in [7, 11) is 0. The molecule has 0 aliphatic rings. The number of hydrogen-bond acceptors (Lipinski definition) is 8. The average molecular weight is 582 g/mol. The normalized spacial score (nSPS) is 11.1. The van der Waals surface area contributed by atoms with Gasteiger partial charge < -0.3 is 25.7 Å². The molecule has 0 bridgehead atoms. The zero-order chi connectivity index (χ0) is 24.2. The molecule has 0 aliphatic heterocycles. The van der Waals surface area contributed by atoms with Crippen molar-refractivity contribution in [3.8, 4) is 0 Å². The number of nitrogens with zero attached hydrogens (tertiary/aromatic N) is 1. The van der Waals surface area contributed by atoms with Gasteiger partial charge in [-0.25, -0.2) is 18.7 Å². The molecule has 13 heteroatoms. The molecule has 0 radical (unpaired) electrons. The lowest BCUT2D eigenvalue weighted by molar-refractivity contribution is 0.0168. The topological polar surface area (TPSA) is 124 Å². The van der Waals surface area contributed by atoms with Gasteiger partial charge in [-0.15, -0.1) is 0 Å². The average Bonchev–Trinajstić information content (AvgIpc) is 2.79. The number of halogens is 4. The first-order chi connectivity index (χ1) is 15.9. The highest BCUT2D eigenvalue weighted by Gasteiger charge is 2.23. The molecule has 1 amide bonds. The van der Waals surface area contributed by atoms with E-state index in [4.69, 9.17) is 19.9 Å². The van der Waals surface area contributed by atoms with Gasteiger partial charge in [-0.3, -0.25) is 9.63 Å². The summed E-state index contributed by atoms with van der Waals surface area (Å²) in [6, 6.07) is 5.01. The maximum absolute atomic E-state index is 14.9. The van der Waals surface area contributed by atoms with Gasteiger partial charge in [0.05, 0.1) is 43.0 Å². The molecule has 0 spiro atoms. The second-order valence-electron chi connectivity index (χ2n) is 6.31.